The van der Waals surface area contributed by atoms with Crippen molar-refractivity contribution in [2.75, 3.05) is 20.3 Å². The van der Waals surface area contributed by atoms with Crippen LogP contribution in [0.1, 0.15) is 25.8 Å². The van der Waals surface area contributed by atoms with Gasteiger partial charge in [0.25, 0.3) is 5.91 Å². The second-order valence-electron chi connectivity index (χ2n) is 5.37. The lowest BCUT2D eigenvalue weighted by molar-refractivity contribution is -0.677. The van der Waals surface area contributed by atoms with Crippen LogP contribution in [0.2, 0.25) is 0 Å². The molecule has 0 saturated heterocycles. The Bertz CT molecular complexity index is 381. The number of nitrogens with one attached hydrogen (secondary N) is 1. The molecule has 0 spiro atoms. The summed E-state index contributed by atoms with van der Waals surface area (Å²) in [6.45, 7) is 5.23. The van der Waals surface area contributed by atoms with Crippen molar-refractivity contribution < 1.29 is 14.8 Å². The van der Waals surface area contributed by atoms with Crippen molar-refractivity contribution in [3.05, 3.63) is 35.9 Å². The summed E-state index contributed by atoms with van der Waals surface area (Å²) in [7, 11) is 1.68. The molecule has 0 aliphatic carbocycles. The zero-order chi connectivity index (χ0) is 14.8. The number of hydrogen-bond donors (Lipinski definition) is 2. The molecule has 0 aliphatic heterocycles. The minimum absolute atomic E-state index is 0.0912. The molecule has 1 aromatic carbocycles. The van der Waals surface area contributed by atoms with Gasteiger partial charge in [-0.25, -0.2) is 0 Å². The van der Waals surface area contributed by atoms with E-state index in [9.17, 15) is 4.79 Å². The van der Waals surface area contributed by atoms with Crippen LogP contribution in [0.3, 0.4) is 0 Å². The summed E-state index contributed by atoms with van der Waals surface area (Å²) >= 11 is 0. The molecule has 0 bridgehead atoms. The molecule has 2 atom stereocenters. The molecule has 0 radical (unpaired) electrons. The van der Waals surface area contributed by atoms with E-state index in [1.807, 2.05) is 23.5 Å². The summed E-state index contributed by atoms with van der Waals surface area (Å²) in [5, 5.41) is 5.04. The maximum atomic E-state index is 11.8. The molecule has 20 heavy (non-hydrogen) atoms. The molecule has 1 rings (SSSR count). The minimum atomic E-state index is 0.0912. The fourth-order valence-electron chi connectivity index (χ4n) is 2.07. The monoisotopic (exact) mass is 279 g/mol. The molecule has 0 aliphatic rings. The van der Waals surface area contributed by atoms with Gasteiger partial charge in [-0.3, -0.25) is 4.79 Å². The number of ether oxygens (including phenoxy) is 1. The van der Waals surface area contributed by atoms with Crippen LogP contribution in [0.25, 0.3) is 0 Å². The molecule has 0 aromatic heterocycles. The summed E-state index contributed by atoms with van der Waals surface area (Å²) < 4.78 is 5.04. The molecule has 4 nitrogen and oxygen atoms in total. The lowest BCUT2D eigenvalue weighted by Crippen LogP contribution is -2.92. The summed E-state index contributed by atoms with van der Waals surface area (Å²) in [4.78, 5) is 11.8. The molecular weight excluding hydrogens is 252 g/mol. The van der Waals surface area contributed by atoms with E-state index in [4.69, 9.17) is 4.74 Å². The number of nitrogens with two attached hydrogens (primary N) is 1. The van der Waals surface area contributed by atoms with Gasteiger partial charge >= 0.3 is 0 Å². The molecule has 1 aromatic rings. The van der Waals surface area contributed by atoms with Crippen molar-refractivity contribution in [2.45, 2.75) is 38.8 Å². The van der Waals surface area contributed by atoms with Crippen LogP contribution in [0.15, 0.2) is 30.3 Å². The molecule has 3 N–H and O–H groups in total. The average molecular weight is 279 g/mol. The summed E-state index contributed by atoms with van der Waals surface area (Å²) in [6, 6.07) is 10.9. The van der Waals surface area contributed by atoms with Gasteiger partial charge in [0.2, 0.25) is 0 Å². The molecule has 112 valence electrons. The lowest BCUT2D eigenvalue weighted by atomic mass is 10.1. The highest BCUT2D eigenvalue weighted by Gasteiger charge is 2.11. The Morgan fingerprint density at radius 2 is 2.00 bits per heavy atom. The van der Waals surface area contributed by atoms with Crippen molar-refractivity contribution in [1.82, 2.24) is 5.32 Å². The van der Waals surface area contributed by atoms with Crippen LogP contribution >= 0.6 is 0 Å². The summed E-state index contributed by atoms with van der Waals surface area (Å²) in [5.41, 5.74) is 1.31. The molecule has 0 unspecified atom stereocenters. The Morgan fingerprint density at radius 3 is 2.65 bits per heavy atom. The van der Waals surface area contributed by atoms with Gasteiger partial charge in [0.1, 0.15) is 6.04 Å². The lowest BCUT2D eigenvalue weighted by Gasteiger charge is -2.14. The second-order valence-corrected chi connectivity index (χ2v) is 5.37. The third-order valence-corrected chi connectivity index (χ3v) is 3.25. The standard InChI is InChI=1S/C16H26N2O2/c1-13(9-10-15-7-5-4-6-8-15)18-16(19)11-17-14(2)12-20-3/h4-8,13-14,17H,9-12H2,1-3H3,(H,18,19)/p+1/t13-,14-/m1/s1. The van der Waals surface area contributed by atoms with Gasteiger partial charge in [-0.15, -0.1) is 0 Å². The zero-order valence-corrected chi connectivity index (χ0v) is 12.8. The fourth-order valence-corrected chi connectivity index (χ4v) is 2.07. The number of quaternary nitrogens is 1. The molecule has 0 saturated carbocycles. The first-order valence-corrected chi connectivity index (χ1v) is 7.27. The Kier molecular flexibility index (Phi) is 7.92. The summed E-state index contributed by atoms with van der Waals surface area (Å²) in [6.07, 6.45) is 1.95. The van der Waals surface area contributed by atoms with Crippen molar-refractivity contribution in [3.8, 4) is 0 Å². The second kappa shape index (κ2) is 9.50. The Balaban J connectivity index is 2.18. The predicted octanol–water partition coefficient (Wildman–Crippen LogP) is 0.722. The zero-order valence-electron chi connectivity index (χ0n) is 12.8. The Morgan fingerprint density at radius 1 is 1.30 bits per heavy atom. The van der Waals surface area contributed by atoms with E-state index < -0.39 is 0 Å². The van der Waals surface area contributed by atoms with Crippen molar-refractivity contribution >= 4 is 5.91 Å². The van der Waals surface area contributed by atoms with Crippen molar-refractivity contribution in [1.29, 1.82) is 0 Å². The van der Waals surface area contributed by atoms with Gasteiger partial charge < -0.3 is 15.4 Å². The molecule has 0 heterocycles. The van der Waals surface area contributed by atoms with E-state index in [0.29, 0.717) is 19.2 Å². The Labute approximate surface area is 121 Å². The topological polar surface area (TPSA) is 54.9 Å². The van der Waals surface area contributed by atoms with E-state index in [0.717, 1.165) is 12.8 Å². The maximum Gasteiger partial charge on any atom is 0.275 e. The number of carbonyl (C=O) groups is 1. The third-order valence-electron chi connectivity index (χ3n) is 3.25. The maximum absolute atomic E-state index is 11.8. The number of methoxy groups -OCH3 is 1. The average Bonchev–Trinajstić information content (AvgIpc) is 2.44. The molecule has 4 heteroatoms. The quantitative estimate of drug-likeness (QED) is 0.700. The SMILES string of the molecule is COC[C@@H](C)[NH2+]CC(=O)N[C@H](C)CCc1ccccc1. The molecular formula is C16H27N2O2+. The van der Waals surface area contributed by atoms with E-state index in [1.165, 1.54) is 5.56 Å². The van der Waals surface area contributed by atoms with E-state index in [2.05, 4.69) is 31.3 Å². The summed E-state index contributed by atoms with van der Waals surface area (Å²) in [5.74, 6) is 0.0912. The normalized spacial score (nSPS) is 13.8. The minimum Gasteiger partial charge on any atom is -0.379 e. The Hall–Kier alpha value is -1.39. The van der Waals surface area contributed by atoms with Gasteiger partial charge in [-0.05, 0) is 32.3 Å². The van der Waals surface area contributed by atoms with Gasteiger partial charge in [0.15, 0.2) is 6.54 Å². The number of rotatable bonds is 9. The highest BCUT2D eigenvalue weighted by atomic mass is 16.5. The first-order valence-electron chi connectivity index (χ1n) is 7.27. The fraction of sp³-hybridized carbons (Fsp3) is 0.562. The first-order chi connectivity index (χ1) is 9.61. The van der Waals surface area contributed by atoms with Gasteiger partial charge in [-0.2, -0.15) is 0 Å². The first kappa shape index (κ1) is 16.7. The number of amides is 1. The molecule has 1 amide bonds. The number of hydrogen-bond acceptors (Lipinski definition) is 2. The van der Waals surface area contributed by atoms with Crippen LogP contribution in [0.5, 0.6) is 0 Å². The van der Waals surface area contributed by atoms with Crippen LogP contribution in [0, 0.1) is 0 Å². The van der Waals surface area contributed by atoms with Crippen molar-refractivity contribution in [3.63, 3.8) is 0 Å². The van der Waals surface area contributed by atoms with Crippen molar-refractivity contribution in [2.24, 2.45) is 0 Å². The van der Waals surface area contributed by atoms with E-state index >= 15 is 0 Å². The number of aryl methyl sites for hydroxylation is 1. The highest BCUT2D eigenvalue weighted by molar-refractivity contribution is 5.76. The molecule has 0 fully saturated rings. The number of benzene rings is 1. The van der Waals surface area contributed by atoms with Crippen LogP contribution in [-0.4, -0.2) is 38.3 Å². The predicted molar refractivity (Wildman–Crippen MR) is 80.5 cm³/mol. The largest absolute Gasteiger partial charge is 0.379 e. The van der Waals surface area contributed by atoms with Gasteiger partial charge in [-0.1, -0.05) is 30.3 Å². The smallest absolute Gasteiger partial charge is 0.275 e. The van der Waals surface area contributed by atoms with Crippen LogP contribution in [-0.2, 0) is 16.0 Å². The van der Waals surface area contributed by atoms with E-state index in [-0.39, 0.29) is 11.9 Å². The van der Waals surface area contributed by atoms with Crippen LogP contribution < -0.4 is 10.6 Å². The van der Waals surface area contributed by atoms with Gasteiger partial charge in [0, 0.05) is 13.2 Å². The highest BCUT2D eigenvalue weighted by Crippen LogP contribution is 2.04. The van der Waals surface area contributed by atoms with E-state index in [1.54, 1.807) is 7.11 Å². The van der Waals surface area contributed by atoms with Gasteiger partial charge in [0.05, 0.1) is 6.61 Å². The third kappa shape index (κ3) is 7.26. The number of carbonyl (C=O) groups excluding carboxylic acids is 1. The van der Waals surface area contributed by atoms with Crippen LogP contribution in [0.4, 0.5) is 0 Å².